The fraction of sp³-hybridized carbons (Fsp3) is 0.467. The minimum atomic E-state index is -5.08. The number of benzene rings is 2. The summed E-state index contributed by atoms with van der Waals surface area (Å²) in [7, 11) is 4.53. The van der Waals surface area contributed by atoms with E-state index in [4.69, 9.17) is 24.1 Å². The zero-order valence-electron chi connectivity index (χ0n) is 24.7. The van der Waals surface area contributed by atoms with Crippen LogP contribution >= 0.6 is 0 Å². The highest BCUT2D eigenvalue weighted by molar-refractivity contribution is 6.09. The van der Waals surface area contributed by atoms with Gasteiger partial charge in [-0.2, -0.15) is 13.2 Å². The maximum atomic E-state index is 13.5. The summed E-state index contributed by atoms with van der Waals surface area (Å²) in [6, 6.07) is 12.8. The van der Waals surface area contributed by atoms with E-state index in [0.29, 0.717) is 12.2 Å². The number of carbonyl (C=O) groups is 4. The Morgan fingerprint density at radius 2 is 1.63 bits per heavy atom. The first-order valence-electron chi connectivity index (χ1n) is 13.5. The van der Waals surface area contributed by atoms with E-state index < -0.39 is 41.5 Å². The number of aliphatic carboxylic acids is 1. The topological polar surface area (TPSA) is 131 Å². The van der Waals surface area contributed by atoms with Crippen molar-refractivity contribution in [1.29, 1.82) is 0 Å². The quantitative estimate of drug-likeness (QED) is 0.334. The first-order chi connectivity index (χ1) is 20.2. The molecule has 43 heavy (non-hydrogen) atoms. The Balaban J connectivity index is 0.000000646. The molecule has 0 radical (unpaired) electrons. The Morgan fingerprint density at radius 3 is 2.09 bits per heavy atom. The summed E-state index contributed by atoms with van der Waals surface area (Å²) >= 11 is 0. The molecule has 2 saturated heterocycles. The van der Waals surface area contributed by atoms with Gasteiger partial charge in [0.15, 0.2) is 0 Å². The molecule has 2 fully saturated rings. The van der Waals surface area contributed by atoms with Crippen molar-refractivity contribution in [2.75, 3.05) is 27.9 Å². The van der Waals surface area contributed by atoms with E-state index in [1.54, 1.807) is 21.1 Å². The number of hydrogen-bond donors (Lipinski definition) is 2. The van der Waals surface area contributed by atoms with Gasteiger partial charge in [0.05, 0.1) is 33.2 Å². The lowest BCUT2D eigenvalue weighted by molar-refractivity contribution is -0.192. The molecule has 2 aromatic carbocycles. The standard InChI is InChI=1S/C28H34N2O6.C2HF3O2/c1-7-30-25(31)22-23(26(30)32)28(15-16(2)3,27(33)36-6)29-24(22)18-10-13-20(21(14-18)35-5)17-8-11-19(34-4)12-9-17;3-2(4,5)1(6)7/h8-14,16,22-24,29H,7,15H2,1-6H3;(H,6,7)/t22?,23?,24?,28-;/m1./s1. The van der Waals surface area contributed by atoms with Crippen LogP contribution in [0.2, 0.25) is 0 Å². The number of carboxylic acids is 1. The van der Waals surface area contributed by atoms with Gasteiger partial charge < -0.3 is 19.3 Å². The van der Waals surface area contributed by atoms with Crippen molar-refractivity contribution in [3.05, 3.63) is 48.0 Å². The molecule has 2 heterocycles. The van der Waals surface area contributed by atoms with E-state index in [2.05, 4.69) is 5.32 Å². The molecular weight excluding hydrogens is 573 g/mol. The molecule has 2 amide bonds. The van der Waals surface area contributed by atoms with Crippen LogP contribution in [0.15, 0.2) is 42.5 Å². The molecular formula is C30H35F3N2O8. The molecule has 2 aliphatic rings. The van der Waals surface area contributed by atoms with Crippen LogP contribution in [0.4, 0.5) is 13.2 Å². The number of amides is 2. The summed E-state index contributed by atoms with van der Waals surface area (Å²) in [5, 5.41) is 10.5. The molecule has 3 unspecified atom stereocenters. The van der Waals surface area contributed by atoms with E-state index in [1.165, 1.54) is 12.0 Å². The number of alkyl halides is 3. The second-order valence-corrected chi connectivity index (χ2v) is 10.6. The maximum absolute atomic E-state index is 13.5. The average Bonchev–Trinajstić information content (AvgIpc) is 3.44. The van der Waals surface area contributed by atoms with Crippen LogP contribution in [0.3, 0.4) is 0 Å². The van der Waals surface area contributed by atoms with Crippen molar-refractivity contribution in [3.8, 4) is 22.6 Å². The van der Waals surface area contributed by atoms with Crippen LogP contribution in [-0.2, 0) is 23.9 Å². The molecule has 234 valence electrons. The molecule has 2 N–H and O–H groups in total. The third-order valence-electron chi connectivity index (χ3n) is 7.57. The number of ether oxygens (including phenoxy) is 3. The normalized spacial score (nSPS) is 23.0. The lowest BCUT2D eigenvalue weighted by Gasteiger charge is -2.33. The highest BCUT2D eigenvalue weighted by Crippen LogP contribution is 2.52. The number of nitrogens with one attached hydrogen (secondary N) is 1. The smallest absolute Gasteiger partial charge is 0.490 e. The Labute approximate surface area is 247 Å². The van der Waals surface area contributed by atoms with Gasteiger partial charge >= 0.3 is 18.1 Å². The van der Waals surface area contributed by atoms with Gasteiger partial charge in [0.2, 0.25) is 11.8 Å². The van der Waals surface area contributed by atoms with Gasteiger partial charge in [-0.3, -0.25) is 24.6 Å². The van der Waals surface area contributed by atoms with Crippen LogP contribution in [0.25, 0.3) is 11.1 Å². The number of esters is 1. The van der Waals surface area contributed by atoms with Crippen molar-refractivity contribution in [3.63, 3.8) is 0 Å². The van der Waals surface area contributed by atoms with E-state index in [9.17, 15) is 27.6 Å². The summed E-state index contributed by atoms with van der Waals surface area (Å²) < 4.78 is 47.9. The average molecular weight is 609 g/mol. The fourth-order valence-electron chi connectivity index (χ4n) is 5.86. The zero-order valence-corrected chi connectivity index (χ0v) is 24.7. The summed E-state index contributed by atoms with van der Waals surface area (Å²) in [6.07, 6.45) is -4.71. The number of methoxy groups -OCH3 is 3. The molecule has 4 atom stereocenters. The number of halogens is 3. The lowest BCUT2D eigenvalue weighted by Crippen LogP contribution is -2.57. The Kier molecular flexibility index (Phi) is 10.1. The number of fused-ring (bicyclic) bond motifs is 1. The van der Waals surface area contributed by atoms with Crippen molar-refractivity contribution in [1.82, 2.24) is 10.2 Å². The summed E-state index contributed by atoms with van der Waals surface area (Å²) in [5.74, 6) is -3.95. The number of nitrogens with zero attached hydrogens (tertiary/aromatic N) is 1. The van der Waals surface area contributed by atoms with Gasteiger partial charge in [0.25, 0.3) is 0 Å². The molecule has 0 aromatic heterocycles. The predicted octanol–water partition coefficient (Wildman–Crippen LogP) is 4.23. The van der Waals surface area contributed by atoms with Gasteiger partial charge in [-0.05, 0) is 48.6 Å². The van der Waals surface area contributed by atoms with Crippen LogP contribution in [0.1, 0.15) is 38.8 Å². The summed E-state index contributed by atoms with van der Waals surface area (Å²) in [4.78, 5) is 50.3. The van der Waals surface area contributed by atoms with Crippen molar-refractivity contribution in [2.24, 2.45) is 17.8 Å². The second-order valence-electron chi connectivity index (χ2n) is 10.6. The van der Waals surface area contributed by atoms with Gasteiger partial charge in [-0.25, -0.2) is 4.79 Å². The Bertz CT molecular complexity index is 1360. The lowest BCUT2D eigenvalue weighted by atomic mass is 9.75. The van der Waals surface area contributed by atoms with E-state index in [-0.39, 0.29) is 24.3 Å². The van der Waals surface area contributed by atoms with Gasteiger partial charge in [-0.1, -0.05) is 38.1 Å². The van der Waals surface area contributed by atoms with Crippen molar-refractivity contribution >= 4 is 23.8 Å². The number of hydrogen-bond acceptors (Lipinski definition) is 8. The Morgan fingerprint density at radius 1 is 1.02 bits per heavy atom. The summed E-state index contributed by atoms with van der Waals surface area (Å²) in [5.41, 5.74) is 1.30. The highest BCUT2D eigenvalue weighted by atomic mass is 19.4. The highest BCUT2D eigenvalue weighted by Gasteiger charge is 2.68. The molecule has 2 aromatic rings. The maximum Gasteiger partial charge on any atom is 0.490 e. The zero-order chi connectivity index (χ0) is 32.3. The number of likely N-dealkylation sites (tertiary alicyclic amines) is 1. The molecule has 0 spiro atoms. The van der Waals surface area contributed by atoms with Gasteiger partial charge in [-0.15, -0.1) is 0 Å². The van der Waals surface area contributed by atoms with Crippen molar-refractivity contribution < 1.29 is 51.7 Å². The van der Waals surface area contributed by atoms with Gasteiger partial charge in [0, 0.05) is 18.2 Å². The van der Waals surface area contributed by atoms with Crippen LogP contribution < -0.4 is 14.8 Å². The number of imide groups is 1. The molecule has 0 bridgehead atoms. The largest absolute Gasteiger partial charge is 0.497 e. The van der Waals surface area contributed by atoms with E-state index in [0.717, 1.165) is 22.4 Å². The Hall–Kier alpha value is -4.13. The number of carbonyl (C=O) groups excluding carboxylic acids is 3. The monoisotopic (exact) mass is 608 g/mol. The first kappa shape index (κ1) is 33.4. The molecule has 13 heteroatoms. The third-order valence-corrected chi connectivity index (χ3v) is 7.57. The van der Waals surface area contributed by atoms with Crippen LogP contribution in [0.5, 0.6) is 11.5 Å². The van der Waals surface area contributed by atoms with Crippen molar-refractivity contribution in [2.45, 2.75) is 44.9 Å². The van der Waals surface area contributed by atoms with E-state index in [1.807, 2.05) is 56.3 Å². The predicted molar refractivity (Wildman–Crippen MR) is 148 cm³/mol. The summed E-state index contributed by atoms with van der Waals surface area (Å²) in [6.45, 7) is 6.00. The van der Waals surface area contributed by atoms with E-state index >= 15 is 0 Å². The van der Waals surface area contributed by atoms with Gasteiger partial charge in [0.1, 0.15) is 17.0 Å². The molecule has 4 rings (SSSR count). The SMILES string of the molecule is CCN1C(=O)C2C(c3ccc(-c4ccc(OC)cc4)c(OC)c3)N[C@@](CC(C)C)(C(=O)OC)C2C1=O.O=C(O)C(F)(F)F. The first-order valence-corrected chi connectivity index (χ1v) is 13.5. The van der Waals surface area contributed by atoms with Crippen LogP contribution in [0, 0.1) is 17.8 Å². The number of carboxylic acid groups (broad SMARTS) is 1. The fourth-order valence-corrected chi connectivity index (χ4v) is 5.86. The van der Waals surface area contributed by atoms with Crippen LogP contribution in [-0.4, -0.2) is 73.3 Å². The second kappa shape index (κ2) is 13.0. The molecule has 0 saturated carbocycles. The molecule has 2 aliphatic heterocycles. The minimum Gasteiger partial charge on any atom is -0.497 e. The molecule has 10 nitrogen and oxygen atoms in total. The molecule has 0 aliphatic carbocycles. The number of rotatable bonds is 8. The minimum absolute atomic E-state index is 0.0848. The third kappa shape index (κ3) is 6.46.